The third-order valence-electron chi connectivity index (χ3n) is 4.66. The molecule has 3 aromatic rings. The van der Waals surface area contributed by atoms with Crippen molar-refractivity contribution in [1.82, 2.24) is 14.9 Å². The zero-order valence-electron chi connectivity index (χ0n) is 15.5. The highest BCUT2D eigenvalue weighted by molar-refractivity contribution is 7.09. The highest BCUT2D eigenvalue weighted by Crippen LogP contribution is 2.29. The predicted molar refractivity (Wildman–Crippen MR) is 106 cm³/mol. The SMILES string of the molecule is FC(F)(F)c1ccc(C#Cc2nc3cscc3nc2OCCN2CCCC2)cc1. The van der Waals surface area contributed by atoms with Gasteiger partial charge in [-0.25, -0.2) is 9.97 Å². The molecule has 3 heterocycles. The summed E-state index contributed by atoms with van der Waals surface area (Å²) in [5.74, 6) is 6.13. The van der Waals surface area contributed by atoms with E-state index in [4.69, 9.17) is 4.74 Å². The van der Waals surface area contributed by atoms with Gasteiger partial charge >= 0.3 is 6.18 Å². The van der Waals surface area contributed by atoms with Crippen LogP contribution in [0.15, 0.2) is 35.0 Å². The van der Waals surface area contributed by atoms with E-state index in [0.717, 1.165) is 42.8 Å². The lowest BCUT2D eigenvalue weighted by Gasteiger charge is -2.14. The van der Waals surface area contributed by atoms with Crippen molar-refractivity contribution >= 4 is 22.4 Å². The Balaban J connectivity index is 1.54. The first kappa shape index (κ1) is 19.7. The lowest BCUT2D eigenvalue weighted by molar-refractivity contribution is -0.137. The van der Waals surface area contributed by atoms with Crippen molar-refractivity contribution in [3.63, 3.8) is 0 Å². The third-order valence-corrected chi connectivity index (χ3v) is 5.38. The summed E-state index contributed by atoms with van der Waals surface area (Å²) in [5, 5.41) is 3.77. The van der Waals surface area contributed by atoms with Gasteiger partial charge in [0, 0.05) is 22.9 Å². The molecule has 0 amide bonds. The van der Waals surface area contributed by atoms with E-state index < -0.39 is 11.7 Å². The molecule has 0 radical (unpaired) electrons. The van der Waals surface area contributed by atoms with Crippen LogP contribution < -0.4 is 4.74 Å². The molecule has 0 saturated carbocycles. The van der Waals surface area contributed by atoms with Gasteiger partial charge in [-0.1, -0.05) is 5.92 Å². The van der Waals surface area contributed by atoms with Crippen LogP contribution in [0.5, 0.6) is 5.88 Å². The average Bonchev–Trinajstić information content (AvgIpc) is 3.37. The minimum absolute atomic E-state index is 0.356. The van der Waals surface area contributed by atoms with Crippen molar-refractivity contribution in [2.45, 2.75) is 19.0 Å². The summed E-state index contributed by atoms with van der Waals surface area (Å²) in [6.45, 7) is 3.47. The second-order valence-electron chi connectivity index (χ2n) is 6.74. The van der Waals surface area contributed by atoms with Crippen molar-refractivity contribution in [3.8, 4) is 17.7 Å². The molecule has 1 aliphatic heterocycles. The molecule has 0 bridgehead atoms. The van der Waals surface area contributed by atoms with Crippen LogP contribution in [0.25, 0.3) is 11.0 Å². The fourth-order valence-corrected chi connectivity index (χ4v) is 3.79. The standard InChI is InChI=1S/C21H18F3N3OS/c22-21(23,24)16-6-3-15(4-7-16)5-8-17-20(26-19-14-29-13-18(19)25-17)28-12-11-27-9-1-2-10-27/h3-4,6-7,13-14H,1-2,9-12H2. The highest BCUT2D eigenvalue weighted by atomic mass is 32.1. The van der Waals surface area contributed by atoms with Gasteiger partial charge in [-0.05, 0) is 56.1 Å². The van der Waals surface area contributed by atoms with Gasteiger partial charge in [-0.15, -0.1) is 11.3 Å². The Morgan fingerprint density at radius 1 is 1.00 bits per heavy atom. The monoisotopic (exact) mass is 417 g/mol. The van der Waals surface area contributed by atoms with Crippen LogP contribution in [0.1, 0.15) is 29.7 Å². The van der Waals surface area contributed by atoms with Gasteiger partial charge in [0.05, 0.1) is 5.56 Å². The number of nitrogens with zero attached hydrogens (tertiary/aromatic N) is 3. The fourth-order valence-electron chi connectivity index (χ4n) is 3.12. The molecular weight excluding hydrogens is 399 g/mol. The number of fused-ring (bicyclic) bond motifs is 1. The third kappa shape index (κ3) is 4.86. The maximum absolute atomic E-state index is 12.7. The smallest absolute Gasteiger partial charge is 0.416 e. The largest absolute Gasteiger partial charge is 0.474 e. The fraction of sp³-hybridized carbons (Fsp3) is 0.333. The van der Waals surface area contributed by atoms with E-state index in [9.17, 15) is 13.2 Å². The van der Waals surface area contributed by atoms with Crippen molar-refractivity contribution in [2.75, 3.05) is 26.2 Å². The Morgan fingerprint density at radius 2 is 1.69 bits per heavy atom. The molecular formula is C21H18F3N3OS. The van der Waals surface area contributed by atoms with Crippen LogP contribution >= 0.6 is 11.3 Å². The number of thiophene rings is 1. The van der Waals surface area contributed by atoms with Crippen molar-refractivity contribution in [2.24, 2.45) is 0 Å². The normalized spacial score (nSPS) is 14.7. The summed E-state index contributed by atoms with van der Waals surface area (Å²) >= 11 is 1.49. The summed E-state index contributed by atoms with van der Waals surface area (Å²) in [6.07, 6.45) is -1.94. The van der Waals surface area contributed by atoms with E-state index in [1.165, 1.54) is 36.3 Å². The number of likely N-dealkylation sites (tertiary alicyclic amines) is 1. The molecule has 0 aliphatic carbocycles. The molecule has 0 spiro atoms. The molecule has 0 N–H and O–H groups in total. The van der Waals surface area contributed by atoms with E-state index in [0.29, 0.717) is 23.7 Å². The summed E-state index contributed by atoms with van der Waals surface area (Å²) < 4.78 is 44.0. The Labute approximate surface area is 170 Å². The summed E-state index contributed by atoms with van der Waals surface area (Å²) in [5.41, 5.74) is 1.61. The number of rotatable bonds is 4. The second-order valence-corrected chi connectivity index (χ2v) is 7.49. The summed E-state index contributed by atoms with van der Waals surface area (Å²) in [7, 11) is 0. The Morgan fingerprint density at radius 3 is 2.38 bits per heavy atom. The first-order valence-corrected chi connectivity index (χ1v) is 10.2. The van der Waals surface area contributed by atoms with Gasteiger partial charge in [0.25, 0.3) is 0 Å². The number of aromatic nitrogens is 2. The zero-order chi connectivity index (χ0) is 20.3. The van der Waals surface area contributed by atoms with Gasteiger partial charge in [0.15, 0.2) is 5.69 Å². The van der Waals surface area contributed by atoms with E-state index in [-0.39, 0.29) is 0 Å². The highest BCUT2D eigenvalue weighted by Gasteiger charge is 2.29. The zero-order valence-corrected chi connectivity index (χ0v) is 16.3. The summed E-state index contributed by atoms with van der Waals surface area (Å²) in [6, 6.07) is 4.73. The van der Waals surface area contributed by atoms with E-state index in [1.54, 1.807) is 0 Å². The molecule has 0 atom stereocenters. The number of halogens is 3. The molecule has 4 nitrogen and oxygen atoms in total. The van der Waals surface area contributed by atoms with Gasteiger partial charge < -0.3 is 4.74 Å². The number of hydrogen-bond donors (Lipinski definition) is 0. The molecule has 8 heteroatoms. The Hall–Kier alpha value is -2.63. The van der Waals surface area contributed by atoms with Crippen LogP contribution in [-0.2, 0) is 6.18 Å². The quantitative estimate of drug-likeness (QED) is 0.583. The Kier molecular flexibility index (Phi) is 5.69. The van der Waals surface area contributed by atoms with Crippen LogP contribution in [0.4, 0.5) is 13.2 Å². The minimum Gasteiger partial charge on any atom is -0.474 e. The Bertz CT molecular complexity index is 1040. The topological polar surface area (TPSA) is 38.3 Å². The van der Waals surface area contributed by atoms with Gasteiger partial charge in [-0.2, -0.15) is 13.2 Å². The lowest BCUT2D eigenvalue weighted by atomic mass is 10.1. The van der Waals surface area contributed by atoms with Crippen LogP contribution in [0.3, 0.4) is 0 Å². The molecule has 0 unspecified atom stereocenters. The van der Waals surface area contributed by atoms with Crippen molar-refractivity contribution in [1.29, 1.82) is 0 Å². The summed E-state index contributed by atoms with van der Waals surface area (Å²) in [4.78, 5) is 11.4. The van der Waals surface area contributed by atoms with Crippen LogP contribution in [0, 0.1) is 11.8 Å². The first-order valence-electron chi connectivity index (χ1n) is 9.27. The number of ether oxygens (including phenoxy) is 1. The molecule has 29 heavy (non-hydrogen) atoms. The van der Waals surface area contributed by atoms with Crippen LogP contribution in [-0.4, -0.2) is 41.1 Å². The van der Waals surface area contributed by atoms with Crippen molar-refractivity contribution in [3.05, 3.63) is 51.8 Å². The average molecular weight is 417 g/mol. The minimum atomic E-state index is -4.36. The molecule has 1 aliphatic rings. The van der Waals surface area contributed by atoms with Gasteiger partial charge in [0.1, 0.15) is 17.6 Å². The molecule has 150 valence electrons. The maximum Gasteiger partial charge on any atom is 0.416 e. The number of hydrogen-bond acceptors (Lipinski definition) is 5. The van der Waals surface area contributed by atoms with E-state index >= 15 is 0 Å². The molecule has 1 saturated heterocycles. The molecule has 2 aromatic heterocycles. The second kappa shape index (κ2) is 8.39. The van der Waals surface area contributed by atoms with Gasteiger partial charge in [-0.3, -0.25) is 4.90 Å². The lowest BCUT2D eigenvalue weighted by Crippen LogP contribution is -2.25. The molecule has 1 aromatic carbocycles. The van der Waals surface area contributed by atoms with Crippen molar-refractivity contribution < 1.29 is 17.9 Å². The van der Waals surface area contributed by atoms with Crippen LogP contribution in [0.2, 0.25) is 0 Å². The predicted octanol–water partition coefficient (Wildman–Crippen LogP) is 4.58. The first-order chi connectivity index (χ1) is 14.0. The van der Waals surface area contributed by atoms with E-state index in [1.807, 2.05) is 10.8 Å². The number of benzene rings is 1. The number of alkyl halides is 3. The van der Waals surface area contributed by atoms with Gasteiger partial charge in [0.2, 0.25) is 5.88 Å². The van der Waals surface area contributed by atoms with E-state index in [2.05, 4.69) is 26.7 Å². The maximum atomic E-state index is 12.7. The molecule has 4 rings (SSSR count). The molecule has 1 fully saturated rings.